The molecule has 0 aromatic heterocycles. The van der Waals surface area contributed by atoms with E-state index in [1.165, 1.54) is 24.3 Å². The van der Waals surface area contributed by atoms with Crippen molar-refractivity contribution in [3.8, 4) is 0 Å². The lowest BCUT2D eigenvalue weighted by molar-refractivity contribution is -0.129. The number of carbonyl (C=O) groups is 1. The van der Waals surface area contributed by atoms with Gasteiger partial charge in [-0.3, -0.25) is 0 Å². The predicted molar refractivity (Wildman–Crippen MR) is 78.4 cm³/mol. The molecule has 7 heteroatoms. The molecule has 3 nitrogen and oxygen atoms in total. The van der Waals surface area contributed by atoms with Crippen LogP contribution in [0, 0.1) is 17.5 Å². The number of nitrogens with zero attached hydrogens (tertiary/aromatic N) is 1. The van der Waals surface area contributed by atoms with Crippen molar-refractivity contribution >= 4 is 29.5 Å². The van der Waals surface area contributed by atoms with E-state index < -0.39 is 23.4 Å². The fraction of sp³-hybridized carbons (Fsp3) is 0. The van der Waals surface area contributed by atoms with Crippen LogP contribution in [0.1, 0.15) is 11.1 Å². The van der Waals surface area contributed by atoms with Gasteiger partial charge in [-0.05, 0) is 24.3 Å². The molecule has 2 aromatic carbocycles. The zero-order valence-electron chi connectivity index (χ0n) is 11.3. The summed E-state index contributed by atoms with van der Waals surface area (Å²) in [6, 6.07) is 7.29. The van der Waals surface area contributed by atoms with Gasteiger partial charge < -0.3 is 4.74 Å². The first-order valence-electron chi connectivity index (χ1n) is 6.37. The summed E-state index contributed by atoms with van der Waals surface area (Å²) >= 11 is 5.80. The Balaban J connectivity index is 2.03. The van der Waals surface area contributed by atoms with Crippen molar-refractivity contribution in [2.75, 3.05) is 0 Å². The van der Waals surface area contributed by atoms with Crippen molar-refractivity contribution in [1.82, 2.24) is 0 Å². The molecule has 0 saturated carbocycles. The summed E-state index contributed by atoms with van der Waals surface area (Å²) in [5.41, 5.74) is -0.109. The molecule has 23 heavy (non-hydrogen) atoms. The van der Waals surface area contributed by atoms with E-state index in [1.807, 2.05) is 0 Å². The van der Waals surface area contributed by atoms with E-state index in [1.54, 1.807) is 6.07 Å². The molecule has 1 aliphatic heterocycles. The van der Waals surface area contributed by atoms with Crippen molar-refractivity contribution in [2.45, 2.75) is 0 Å². The maximum atomic E-state index is 13.6. The molecule has 0 amide bonds. The number of hydrogen-bond acceptors (Lipinski definition) is 3. The number of ether oxygens (including phenoxy) is 1. The Kier molecular flexibility index (Phi) is 3.92. The highest BCUT2D eigenvalue weighted by molar-refractivity contribution is 6.34. The second-order valence-electron chi connectivity index (χ2n) is 4.60. The number of hydrogen-bond donors (Lipinski definition) is 0. The van der Waals surface area contributed by atoms with Crippen LogP contribution in [0.5, 0.6) is 0 Å². The highest BCUT2D eigenvalue weighted by atomic mass is 35.5. The van der Waals surface area contributed by atoms with Crippen LogP contribution >= 0.6 is 11.6 Å². The van der Waals surface area contributed by atoms with Crippen LogP contribution in [0.2, 0.25) is 5.02 Å². The Morgan fingerprint density at radius 2 is 1.74 bits per heavy atom. The summed E-state index contributed by atoms with van der Waals surface area (Å²) in [7, 11) is 0. The van der Waals surface area contributed by atoms with Gasteiger partial charge in [0.2, 0.25) is 5.90 Å². The molecule has 0 fully saturated rings. The van der Waals surface area contributed by atoms with E-state index in [9.17, 15) is 18.0 Å². The SMILES string of the molecule is O=C1OC(c2cc(F)c(F)cc2Cl)=NC1=Cc1ccccc1F. The maximum absolute atomic E-state index is 13.6. The summed E-state index contributed by atoms with van der Waals surface area (Å²) in [4.78, 5) is 15.7. The van der Waals surface area contributed by atoms with Gasteiger partial charge in [-0.1, -0.05) is 29.8 Å². The molecule has 0 atom stereocenters. The first-order valence-corrected chi connectivity index (χ1v) is 6.75. The second kappa shape index (κ2) is 5.89. The van der Waals surface area contributed by atoms with E-state index in [2.05, 4.69) is 4.99 Å². The lowest BCUT2D eigenvalue weighted by atomic mass is 10.2. The molecule has 0 unspecified atom stereocenters. The summed E-state index contributed by atoms with van der Waals surface area (Å²) in [5.74, 6) is -3.95. The van der Waals surface area contributed by atoms with E-state index in [-0.39, 0.29) is 27.7 Å². The Bertz CT molecular complexity index is 878. The topological polar surface area (TPSA) is 38.7 Å². The summed E-state index contributed by atoms with van der Waals surface area (Å²) in [6.07, 6.45) is 1.19. The quantitative estimate of drug-likeness (QED) is 0.470. The van der Waals surface area contributed by atoms with Crippen molar-refractivity contribution < 1.29 is 22.7 Å². The predicted octanol–water partition coefficient (Wildman–Crippen LogP) is 4.10. The van der Waals surface area contributed by atoms with E-state index in [0.29, 0.717) is 0 Å². The highest BCUT2D eigenvalue weighted by Gasteiger charge is 2.27. The smallest absolute Gasteiger partial charge is 0.363 e. The van der Waals surface area contributed by atoms with Crippen LogP contribution in [0.25, 0.3) is 6.08 Å². The van der Waals surface area contributed by atoms with Gasteiger partial charge in [0, 0.05) is 5.56 Å². The molecule has 0 N–H and O–H groups in total. The lowest BCUT2D eigenvalue weighted by Crippen LogP contribution is -2.07. The van der Waals surface area contributed by atoms with Crippen molar-refractivity contribution in [1.29, 1.82) is 0 Å². The third-order valence-corrected chi connectivity index (χ3v) is 3.37. The molecule has 0 radical (unpaired) electrons. The van der Waals surface area contributed by atoms with Gasteiger partial charge in [-0.25, -0.2) is 23.0 Å². The van der Waals surface area contributed by atoms with Crippen molar-refractivity contribution in [3.63, 3.8) is 0 Å². The zero-order chi connectivity index (χ0) is 16.6. The maximum Gasteiger partial charge on any atom is 0.363 e. The normalized spacial score (nSPS) is 15.7. The van der Waals surface area contributed by atoms with Crippen LogP contribution in [0.15, 0.2) is 47.1 Å². The molecule has 0 spiro atoms. The van der Waals surface area contributed by atoms with E-state index >= 15 is 0 Å². The number of benzene rings is 2. The van der Waals surface area contributed by atoms with Gasteiger partial charge in [0.15, 0.2) is 17.3 Å². The molecule has 0 aliphatic carbocycles. The van der Waals surface area contributed by atoms with Crippen LogP contribution in [-0.2, 0) is 9.53 Å². The van der Waals surface area contributed by atoms with Crippen molar-refractivity contribution in [2.24, 2.45) is 4.99 Å². The zero-order valence-corrected chi connectivity index (χ0v) is 12.1. The minimum absolute atomic E-state index is 0.0733. The fourth-order valence-electron chi connectivity index (χ4n) is 1.95. The summed E-state index contributed by atoms with van der Waals surface area (Å²) in [6.45, 7) is 0. The molecule has 0 saturated heterocycles. The van der Waals surface area contributed by atoms with Gasteiger partial charge in [0.25, 0.3) is 0 Å². The Hall–Kier alpha value is -2.60. The largest absolute Gasteiger partial charge is 0.402 e. The first kappa shape index (κ1) is 15.3. The highest BCUT2D eigenvalue weighted by Crippen LogP contribution is 2.26. The molecule has 1 heterocycles. The number of carbonyl (C=O) groups excluding carboxylic acids is 1. The fourth-order valence-corrected chi connectivity index (χ4v) is 2.18. The van der Waals surface area contributed by atoms with Gasteiger partial charge >= 0.3 is 5.97 Å². The molecular formula is C16H7ClF3NO2. The Labute approximate surface area is 133 Å². The van der Waals surface area contributed by atoms with E-state index in [0.717, 1.165) is 12.1 Å². The monoisotopic (exact) mass is 337 g/mol. The van der Waals surface area contributed by atoms with Gasteiger partial charge in [0.05, 0.1) is 10.6 Å². The van der Waals surface area contributed by atoms with Crippen molar-refractivity contribution in [3.05, 3.63) is 75.7 Å². The number of cyclic esters (lactones) is 1. The van der Waals surface area contributed by atoms with Gasteiger partial charge in [-0.2, -0.15) is 0 Å². The van der Waals surface area contributed by atoms with Crippen LogP contribution in [0.4, 0.5) is 13.2 Å². The second-order valence-corrected chi connectivity index (χ2v) is 5.01. The minimum Gasteiger partial charge on any atom is -0.402 e. The third kappa shape index (κ3) is 2.98. The van der Waals surface area contributed by atoms with Crippen LogP contribution in [0.3, 0.4) is 0 Å². The molecule has 3 rings (SSSR count). The average molecular weight is 338 g/mol. The standard InChI is InChI=1S/C16H7ClF3NO2/c17-10-7-13(20)12(19)6-9(10)15-21-14(16(22)23-15)5-8-3-1-2-4-11(8)18/h1-7H. The molecular weight excluding hydrogens is 331 g/mol. The number of rotatable bonds is 2. The lowest BCUT2D eigenvalue weighted by Gasteiger charge is -2.03. The molecule has 0 bridgehead atoms. The molecule has 1 aliphatic rings. The summed E-state index contributed by atoms with van der Waals surface area (Å²) < 4.78 is 44.9. The summed E-state index contributed by atoms with van der Waals surface area (Å²) in [5, 5.41) is -0.164. The molecule has 116 valence electrons. The number of halogens is 4. The van der Waals surface area contributed by atoms with Gasteiger partial charge in [0.1, 0.15) is 5.82 Å². The average Bonchev–Trinajstić information content (AvgIpc) is 2.86. The first-order chi connectivity index (χ1) is 11.0. The molecule has 2 aromatic rings. The van der Waals surface area contributed by atoms with E-state index in [4.69, 9.17) is 16.3 Å². The van der Waals surface area contributed by atoms with Crippen LogP contribution in [-0.4, -0.2) is 11.9 Å². The Morgan fingerprint density at radius 1 is 1.04 bits per heavy atom. The minimum atomic E-state index is -1.16. The number of aliphatic imine (C=N–C) groups is 1. The third-order valence-electron chi connectivity index (χ3n) is 3.06. The number of esters is 1. The Morgan fingerprint density at radius 3 is 2.48 bits per heavy atom. The van der Waals surface area contributed by atoms with Crippen LogP contribution < -0.4 is 0 Å². The van der Waals surface area contributed by atoms with Gasteiger partial charge in [-0.15, -0.1) is 0 Å².